The first-order chi connectivity index (χ1) is 6.83. The first kappa shape index (κ1) is 12.0. The molecule has 1 heterocycles. The quantitative estimate of drug-likeness (QED) is 0.711. The van der Waals surface area contributed by atoms with Crippen molar-refractivity contribution >= 4 is 0 Å². The Bertz CT molecular complexity index is 132. The highest BCUT2D eigenvalue weighted by atomic mass is 16.5. The van der Waals surface area contributed by atoms with Gasteiger partial charge in [-0.2, -0.15) is 0 Å². The van der Waals surface area contributed by atoms with Gasteiger partial charge in [-0.15, -0.1) is 0 Å². The fraction of sp³-hybridized carbons (Fsp3) is 1.00. The van der Waals surface area contributed by atoms with Crippen LogP contribution in [-0.2, 0) is 9.47 Å². The van der Waals surface area contributed by atoms with Crippen LogP contribution in [0.25, 0.3) is 0 Å². The van der Waals surface area contributed by atoms with Crippen molar-refractivity contribution < 1.29 is 14.6 Å². The highest BCUT2D eigenvalue weighted by molar-refractivity contribution is 4.63. The molecular formula is C11H22O3. The van der Waals surface area contributed by atoms with E-state index in [0.29, 0.717) is 12.5 Å². The number of hydrogen-bond donors (Lipinski definition) is 1. The SMILES string of the molecule is CCCC(O)COCC1CCOCC1. The Morgan fingerprint density at radius 3 is 2.79 bits per heavy atom. The van der Waals surface area contributed by atoms with Crippen LogP contribution in [0.15, 0.2) is 0 Å². The molecule has 1 fully saturated rings. The lowest BCUT2D eigenvalue weighted by Crippen LogP contribution is -2.23. The number of ether oxygens (including phenoxy) is 2. The lowest BCUT2D eigenvalue weighted by Gasteiger charge is -2.22. The molecular weight excluding hydrogens is 180 g/mol. The van der Waals surface area contributed by atoms with Gasteiger partial charge >= 0.3 is 0 Å². The van der Waals surface area contributed by atoms with Crippen LogP contribution < -0.4 is 0 Å². The van der Waals surface area contributed by atoms with Gasteiger partial charge in [0, 0.05) is 19.8 Å². The molecule has 1 unspecified atom stereocenters. The maximum Gasteiger partial charge on any atom is 0.0773 e. The van der Waals surface area contributed by atoms with E-state index >= 15 is 0 Å². The first-order valence-corrected chi connectivity index (χ1v) is 5.66. The zero-order valence-corrected chi connectivity index (χ0v) is 9.08. The van der Waals surface area contributed by atoms with Gasteiger partial charge in [-0.3, -0.25) is 0 Å². The molecule has 1 atom stereocenters. The second kappa shape index (κ2) is 7.21. The second-order valence-corrected chi connectivity index (χ2v) is 4.04. The molecule has 0 aromatic rings. The molecule has 0 saturated carbocycles. The van der Waals surface area contributed by atoms with Gasteiger partial charge in [0.25, 0.3) is 0 Å². The Morgan fingerprint density at radius 1 is 1.43 bits per heavy atom. The van der Waals surface area contributed by atoms with Crippen LogP contribution in [0, 0.1) is 5.92 Å². The lowest BCUT2D eigenvalue weighted by atomic mass is 10.0. The summed E-state index contributed by atoms with van der Waals surface area (Å²) in [4.78, 5) is 0. The number of aliphatic hydroxyl groups is 1. The summed E-state index contributed by atoms with van der Waals surface area (Å²) in [5, 5.41) is 9.43. The summed E-state index contributed by atoms with van der Waals surface area (Å²) in [7, 11) is 0. The van der Waals surface area contributed by atoms with Gasteiger partial charge in [0.1, 0.15) is 0 Å². The Hall–Kier alpha value is -0.120. The third kappa shape index (κ3) is 4.94. The molecule has 14 heavy (non-hydrogen) atoms. The molecule has 1 N–H and O–H groups in total. The summed E-state index contributed by atoms with van der Waals surface area (Å²) in [6.45, 7) is 5.08. The smallest absolute Gasteiger partial charge is 0.0773 e. The zero-order valence-electron chi connectivity index (χ0n) is 9.08. The van der Waals surface area contributed by atoms with Gasteiger partial charge in [0.05, 0.1) is 12.7 Å². The van der Waals surface area contributed by atoms with Crippen LogP contribution in [0.2, 0.25) is 0 Å². The molecule has 3 nitrogen and oxygen atoms in total. The van der Waals surface area contributed by atoms with Gasteiger partial charge in [0.2, 0.25) is 0 Å². The third-order valence-corrected chi connectivity index (χ3v) is 2.63. The normalized spacial score (nSPS) is 21.0. The maximum absolute atomic E-state index is 9.43. The van der Waals surface area contributed by atoms with E-state index in [9.17, 15) is 5.11 Å². The molecule has 1 aliphatic heterocycles. The van der Waals surface area contributed by atoms with Gasteiger partial charge in [-0.05, 0) is 25.2 Å². The molecule has 0 aromatic carbocycles. The van der Waals surface area contributed by atoms with Crippen LogP contribution in [0.3, 0.4) is 0 Å². The molecule has 0 radical (unpaired) electrons. The van der Waals surface area contributed by atoms with Crippen molar-refractivity contribution in [3.05, 3.63) is 0 Å². The van der Waals surface area contributed by atoms with Crippen LogP contribution >= 0.6 is 0 Å². The Balaban J connectivity index is 1.96. The van der Waals surface area contributed by atoms with E-state index < -0.39 is 0 Å². The molecule has 1 saturated heterocycles. The summed E-state index contributed by atoms with van der Waals surface area (Å²) in [5.41, 5.74) is 0. The fourth-order valence-corrected chi connectivity index (χ4v) is 1.70. The van der Waals surface area contributed by atoms with E-state index in [0.717, 1.165) is 45.5 Å². The van der Waals surface area contributed by atoms with Gasteiger partial charge in [-0.25, -0.2) is 0 Å². The minimum atomic E-state index is -0.278. The van der Waals surface area contributed by atoms with Gasteiger partial charge in [0.15, 0.2) is 0 Å². The zero-order chi connectivity index (χ0) is 10.2. The van der Waals surface area contributed by atoms with Crippen molar-refractivity contribution in [1.29, 1.82) is 0 Å². The predicted octanol–water partition coefficient (Wildman–Crippen LogP) is 1.59. The maximum atomic E-state index is 9.43. The summed E-state index contributed by atoms with van der Waals surface area (Å²) in [6.07, 6.45) is 3.78. The van der Waals surface area contributed by atoms with Gasteiger partial charge in [-0.1, -0.05) is 13.3 Å². The molecule has 0 amide bonds. The fourth-order valence-electron chi connectivity index (χ4n) is 1.70. The van der Waals surface area contributed by atoms with E-state index in [-0.39, 0.29) is 6.10 Å². The van der Waals surface area contributed by atoms with Crippen LogP contribution in [-0.4, -0.2) is 37.6 Å². The monoisotopic (exact) mass is 202 g/mol. The van der Waals surface area contributed by atoms with E-state index in [2.05, 4.69) is 6.92 Å². The van der Waals surface area contributed by atoms with Gasteiger partial charge < -0.3 is 14.6 Å². The summed E-state index contributed by atoms with van der Waals surface area (Å²) in [6, 6.07) is 0. The number of hydrogen-bond acceptors (Lipinski definition) is 3. The standard InChI is InChI=1S/C11H22O3/c1-2-3-11(12)9-14-8-10-4-6-13-7-5-10/h10-12H,2-9H2,1H3. The Labute approximate surface area is 86.4 Å². The predicted molar refractivity (Wildman–Crippen MR) is 55.3 cm³/mol. The molecule has 0 spiro atoms. The highest BCUT2D eigenvalue weighted by Crippen LogP contribution is 2.14. The van der Waals surface area contributed by atoms with E-state index in [4.69, 9.17) is 9.47 Å². The average molecular weight is 202 g/mol. The van der Waals surface area contributed by atoms with Crippen molar-refractivity contribution in [3.8, 4) is 0 Å². The average Bonchev–Trinajstić information content (AvgIpc) is 2.20. The minimum Gasteiger partial charge on any atom is -0.391 e. The first-order valence-electron chi connectivity index (χ1n) is 5.66. The topological polar surface area (TPSA) is 38.7 Å². The van der Waals surface area contributed by atoms with Crippen LogP contribution in [0.4, 0.5) is 0 Å². The van der Waals surface area contributed by atoms with E-state index in [1.807, 2.05) is 0 Å². The largest absolute Gasteiger partial charge is 0.391 e. The highest BCUT2D eigenvalue weighted by Gasteiger charge is 2.14. The summed E-state index contributed by atoms with van der Waals surface area (Å²) < 4.78 is 10.7. The lowest BCUT2D eigenvalue weighted by molar-refractivity contribution is -0.0109. The molecule has 1 rings (SSSR count). The van der Waals surface area contributed by atoms with Crippen LogP contribution in [0.1, 0.15) is 32.6 Å². The number of aliphatic hydroxyl groups excluding tert-OH is 1. The van der Waals surface area contributed by atoms with Crippen molar-refractivity contribution in [1.82, 2.24) is 0 Å². The molecule has 3 heteroatoms. The van der Waals surface area contributed by atoms with Crippen molar-refractivity contribution in [2.24, 2.45) is 5.92 Å². The van der Waals surface area contributed by atoms with E-state index in [1.54, 1.807) is 0 Å². The Kier molecular flexibility index (Phi) is 6.15. The van der Waals surface area contributed by atoms with E-state index in [1.165, 1.54) is 0 Å². The van der Waals surface area contributed by atoms with Crippen molar-refractivity contribution in [3.63, 3.8) is 0 Å². The molecule has 0 aromatic heterocycles. The molecule has 84 valence electrons. The third-order valence-electron chi connectivity index (χ3n) is 2.63. The van der Waals surface area contributed by atoms with Crippen molar-refractivity contribution in [2.75, 3.05) is 26.4 Å². The summed E-state index contributed by atoms with van der Waals surface area (Å²) >= 11 is 0. The summed E-state index contributed by atoms with van der Waals surface area (Å²) in [5.74, 6) is 0.637. The van der Waals surface area contributed by atoms with Crippen molar-refractivity contribution in [2.45, 2.75) is 38.7 Å². The molecule has 0 bridgehead atoms. The Morgan fingerprint density at radius 2 is 2.14 bits per heavy atom. The van der Waals surface area contributed by atoms with Crippen LogP contribution in [0.5, 0.6) is 0 Å². The molecule has 1 aliphatic rings. The number of rotatable bonds is 6. The molecule has 0 aliphatic carbocycles. The second-order valence-electron chi connectivity index (χ2n) is 4.04. The minimum absolute atomic E-state index is 0.278.